The van der Waals surface area contributed by atoms with Gasteiger partial charge in [0.05, 0.1) is 0 Å². The molecule has 188 valence electrons. The van der Waals surface area contributed by atoms with Crippen LogP contribution in [0.25, 0.3) is 11.1 Å². The first-order valence-corrected chi connectivity index (χ1v) is 15.1. The molecule has 0 aromatic heterocycles. The molecule has 3 aromatic rings. The Bertz CT molecular complexity index is 1220. The summed E-state index contributed by atoms with van der Waals surface area (Å²) in [7, 11) is -1.38. The van der Waals surface area contributed by atoms with Crippen molar-refractivity contribution in [3.8, 4) is 11.1 Å². The van der Waals surface area contributed by atoms with Gasteiger partial charge in [-0.1, -0.05) is 79.7 Å². The van der Waals surface area contributed by atoms with E-state index in [-0.39, 0.29) is 17.4 Å². The van der Waals surface area contributed by atoms with Crippen LogP contribution in [0.1, 0.15) is 77.6 Å². The zero-order valence-electron chi connectivity index (χ0n) is 23.3. The molecule has 1 nitrogen and oxygen atoms in total. The van der Waals surface area contributed by atoms with Crippen molar-refractivity contribution >= 4 is 10.0 Å². The summed E-state index contributed by atoms with van der Waals surface area (Å²) in [5.74, 6) is 0.594. The van der Waals surface area contributed by atoms with E-state index in [0.717, 1.165) is 6.42 Å². The molecule has 4 rings (SSSR count). The molecule has 0 aliphatic carbocycles. The van der Waals surface area contributed by atoms with E-state index in [1.165, 1.54) is 42.5 Å². The average Bonchev–Trinajstić information content (AvgIpc) is 3.02. The fourth-order valence-electron chi connectivity index (χ4n) is 5.56. The van der Waals surface area contributed by atoms with E-state index in [9.17, 15) is 5.11 Å². The van der Waals surface area contributed by atoms with Gasteiger partial charge >= 0.3 is 0 Å². The van der Waals surface area contributed by atoms with Gasteiger partial charge in [-0.2, -0.15) is 10.0 Å². The molecule has 0 amide bonds. The van der Waals surface area contributed by atoms with Crippen LogP contribution in [0.5, 0.6) is 0 Å². The first-order valence-electron chi connectivity index (χ1n) is 13.1. The van der Waals surface area contributed by atoms with Crippen LogP contribution >= 0.6 is 10.0 Å². The van der Waals surface area contributed by atoms with E-state index in [0.29, 0.717) is 12.3 Å². The molecule has 3 aromatic carbocycles. The molecule has 1 N–H and O–H groups in total. The minimum absolute atomic E-state index is 0.0985. The lowest BCUT2D eigenvalue weighted by Crippen LogP contribution is -2.16. The number of rotatable bonds is 5. The van der Waals surface area contributed by atoms with Crippen LogP contribution in [-0.4, -0.2) is 18.0 Å². The van der Waals surface area contributed by atoms with Crippen molar-refractivity contribution in [2.24, 2.45) is 5.92 Å². The molecule has 2 heteroatoms. The highest BCUT2D eigenvalue weighted by Crippen LogP contribution is 2.74. The molecule has 0 fully saturated rings. The fraction of sp³-hybridized carbons (Fsp3) is 0.455. The van der Waals surface area contributed by atoms with Crippen LogP contribution < -0.4 is 0 Å². The van der Waals surface area contributed by atoms with E-state index in [1.54, 1.807) is 5.56 Å². The van der Waals surface area contributed by atoms with Crippen molar-refractivity contribution < 1.29 is 5.11 Å². The van der Waals surface area contributed by atoms with Gasteiger partial charge in [0, 0.05) is 16.4 Å². The van der Waals surface area contributed by atoms with Crippen LogP contribution in [0.3, 0.4) is 0 Å². The number of fused-ring (bicyclic) bond motifs is 3. The smallest absolute Gasteiger partial charge is 0.0471 e. The third-order valence-corrected chi connectivity index (χ3v) is 11.2. The lowest BCUT2D eigenvalue weighted by atomic mass is 9.78. The zero-order valence-corrected chi connectivity index (χ0v) is 24.1. The van der Waals surface area contributed by atoms with Gasteiger partial charge in [-0.15, -0.1) is 0 Å². The van der Waals surface area contributed by atoms with Crippen molar-refractivity contribution in [2.45, 2.75) is 93.7 Å². The van der Waals surface area contributed by atoms with Crippen molar-refractivity contribution in [3.05, 3.63) is 76.9 Å². The maximum absolute atomic E-state index is 9.40. The Morgan fingerprint density at radius 2 is 1.43 bits per heavy atom. The molecule has 35 heavy (non-hydrogen) atoms. The van der Waals surface area contributed by atoms with Crippen LogP contribution in [0.15, 0.2) is 69.3 Å². The Hall–Kier alpha value is -2.03. The molecule has 1 aliphatic heterocycles. The molecule has 1 heterocycles. The van der Waals surface area contributed by atoms with Crippen LogP contribution in [0.4, 0.5) is 0 Å². The Balaban J connectivity index is 2.07. The zero-order chi connectivity index (χ0) is 25.8. The highest BCUT2D eigenvalue weighted by molar-refractivity contribution is 8.33. The van der Waals surface area contributed by atoms with E-state index in [1.807, 2.05) is 0 Å². The average molecular weight is 489 g/mol. The van der Waals surface area contributed by atoms with Gasteiger partial charge in [0.25, 0.3) is 0 Å². The second-order valence-electron chi connectivity index (χ2n) is 12.8. The van der Waals surface area contributed by atoms with E-state index < -0.39 is 10.0 Å². The van der Waals surface area contributed by atoms with Crippen LogP contribution in [-0.2, 0) is 23.7 Å². The standard InChI is InChI=1S/C33H44OS/c1-22(2)20-26-28(33(6,7)8)15-17-30-31(26)27-21-24(32(3,4)5)12-16-29(27)35(30,9)25-13-10-23(11-14-25)18-19-34/h10-17,21-22,34H,18-20H2,1-9H3. The minimum atomic E-state index is -1.38. The number of aliphatic hydroxyl groups excluding tert-OH is 1. The summed E-state index contributed by atoms with van der Waals surface area (Å²) in [5.41, 5.74) is 8.79. The van der Waals surface area contributed by atoms with Gasteiger partial charge < -0.3 is 5.11 Å². The number of hydrogen-bond acceptors (Lipinski definition) is 1. The molecule has 1 unspecified atom stereocenters. The third kappa shape index (κ3) is 4.60. The molecule has 1 atom stereocenters. The van der Waals surface area contributed by atoms with Crippen LogP contribution in [0, 0.1) is 5.92 Å². The van der Waals surface area contributed by atoms with Crippen molar-refractivity contribution in [2.75, 3.05) is 12.9 Å². The first-order chi connectivity index (χ1) is 16.3. The van der Waals surface area contributed by atoms with Gasteiger partial charge in [-0.3, -0.25) is 0 Å². The molecular formula is C33H44OS. The number of aliphatic hydroxyl groups is 1. The SMILES string of the molecule is CC(C)Cc1c(C(C)(C)C)ccc2c1-c1cc(C(C)(C)C)ccc1S2(C)c1ccc(CCO)cc1. The molecular weight excluding hydrogens is 444 g/mol. The summed E-state index contributed by atoms with van der Waals surface area (Å²) < 4.78 is 0. The van der Waals surface area contributed by atoms with Gasteiger partial charge in [0.15, 0.2) is 0 Å². The Morgan fingerprint density at radius 1 is 0.800 bits per heavy atom. The van der Waals surface area contributed by atoms with Gasteiger partial charge in [-0.05, 0) is 104 Å². The molecule has 0 saturated heterocycles. The number of hydrogen-bond donors (Lipinski definition) is 1. The van der Waals surface area contributed by atoms with Crippen molar-refractivity contribution in [3.63, 3.8) is 0 Å². The lowest BCUT2D eigenvalue weighted by molar-refractivity contribution is 0.299. The van der Waals surface area contributed by atoms with Crippen molar-refractivity contribution in [1.29, 1.82) is 0 Å². The predicted molar refractivity (Wildman–Crippen MR) is 153 cm³/mol. The molecule has 0 radical (unpaired) electrons. The van der Waals surface area contributed by atoms with E-state index in [4.69, 9.17) is 0 Å². The third-order valence-electron chi connectivity index (χ3n) is 7.48. The summed E-state index contributed by atoms with van der Waals surface area (Å²) >= 11 is 0. The summed E-state index contributed by atoms with van der Waals surface area (Å²) in [5, 5.41) is 9.40. The second kappa shape index (κ2) is 9.12. The minimum Gasteiger partial charge on any atom is -0.396 e. The van der Waals surface area contributed by atoms with Crippen LogP contribution in [0.2, 0.25) is 0 Å². The molecule has 0 bridgehead atoms. The summed E-state index contributed by atoms with van der Waals surface area (Å²) in [4.78, 5) is 4.41. The Labute approximate surface area is 215 Å². The predicted octanol–water partition coefficient (Wildman–Crippen LogP) is 8.91. The largest absolute Gasteiger partial charge is 0.396 e. The summed E-state index contributed by atoms with van der Waals surface area (Å²) in [6, 6.07) is 21.2. The van der Waals surface area contributed by atoms with E-state index >= 15 is 0 Å². The Morgan fingerprint density at radius 3 is 1.97 bits per heavy atom. The Kier molecular flexibility index (Phi) is 6.79. The highest BCUT2D eigenvalue weighted by atomic mass is 32.3. The molecule has 0 spiro atoms. The topological polar surface area (TPSA) is 20.2 Å². The summed E-state index contributed by atoms with van der Waals surface area (Å²) in [6.45, 7) is 18.9. The first kappa shape index (κ1) is 26.0. The normalized spacial score (nSPS) is 19.4. The monoisotopic (exact) mass is 488 g/mol. The fourth-order valence-corrected chi connectivity index (χ4v) is 8.91. The maximum Gasteiger partial charge on any atom is 0.0471 e. The van der Waals surface area contributed by atoms with Gasteiger partial charge in [0.1, 0.15) is 0 Å². The lowest BCUT2D eigenvalue weighted by Gasteiger charge is -2.35. The van der Waals surface area contributed by atoms with Gasteiger partial charge in [0.2, 0.25) is 0 Å². The molecule has 0 saturated carbocycles. The number of benzene rings is 3. The highest BCUT2D eigenvalue weighted by Gasteiger charge is 2.40. The quantitative estimate of drug-likeness (QED) is 0.380. The second-order valence-corrected chi connectivity index (χ2v) is 16.0. The summed E-state index contributed by atoms with van der Waals surface area (Å²) in [6.07, 6.45) is 4.30. The molecule has 1 aliphatic rings. The van der Waals surface area contributed by atoms with Crippen molar-refractivity contribution in [1.82, 2.24) is 0 Å². The van der Waals surface area contributed by atoms with E-state index in [2.05, 4.69) is 116 Å². The maximum atomic E-state index is 9.40. The van der Waals surface area contributed by atoms with Gasteiger partial charge in [-0.25, -0.2) is 0 Å².